The van der Waals surface area contributed by atoms with Crippen LogP contribution < -0.4 is 10.6 Å². The first-order chi connectivity index (χ1) is 16.0. The molecule has 10 heteroatoms. The van der Waals surface area contributed by atoms with Crippen LogP contribution in [-0.2, 0) is 19.4 Å². The number of nitrogens with zero attached hydrogens (tertiary/aromatic N) is 4. The van der Waals surface area contributed by atoms with Gasteiger partial charge >= 0.3 is 6.03 Å². The van der Waals surface area contributed by atoms with Crippen molar-refractivity contribution in [3.05, 3.63) is 82.1 Å². The minimum absolute atomic E-state index is 0.0626. The van der Waals surface area contributed by atoms with Crippen LogP contribution in [0.3, 0.4) is 0 Å². The lowest BCUT2D eigenvalue weighted by Gasteiger charge is -2.30. The normalized spacial score (nSPS) is 13.8. The predicted octanol–water partition coefficient (Wildman–Crippen LogP) is 3.12. The number of pyridine rings is 1. The van der Waals surface area contributed by atoms with Crippen LogP contribution in [0.1, 0.15) is 28.4 Å². The van der Waals surface area contributed by atoms with E-state index in [2.05, 4.69) is 25.6 Å². The average molecular weight is 471 g/mol. The zero-order valence-corrected chi connectivity index (χ0v) is 18.6. The van der Waals surface area contributed by atoms with Gasteiger partial charge in [0.2, 0.25) is 5.95 Å². The quantitative estimate of drug-likeness (QED) is 0.490. The Morgan fingerprint density at radius 1 is 1.30 bits per heavy atom. The molecule has 0 radical (unpaired) electrons. The summed E-state index contributed by atoms with van der Waals surface area (Å²) in [6.45, 7) is 1.14. The molecule has 0 saturated carbocycles. The SMILES string of the molecule is O=C(NC(CO)c1ccc(F)c(Cl)c1)N1CCc2cnc(NCCc3cccnc3)nc2C1. The Labute approximate surface area is 195 Å². The second kappa shape index (κ2) is 10.5. The number of hydrogen-bond donors (Lipinski definition) is 3. The van der Waals surface area contributed by atoms with Gasteiger partial charge in [-0.15, -0.1) is 0 Å². The Morgan fingerprint density at radius 2 is 2.18 bits per heavy atom. The summed E-state index contributed by atoms with van der Waals surface area (Å²) < 4.78 is 13.4. The fourth-order valence-electron chi connectivity index (χ4n) is 3.63. The molecule has 0 spiro atoms. The topological polar surface area (TPSA) is 103 Å². The molecule has 2 amide bonds. The summed E-state index contributed by atoms with van der Waals surface area (Å²) in [6, 6.07) is 6.97. The lowest BCUT2D eigenvalue weighted by molar-refractivity contribution is 0.176. The monoisotopic (exact) mass is 470 g/mol. The molecule has 0 bridgehead atoms. The maximum Gasteiger partial charge on any atom is 0.318 e. The highest BCUT2D eigenvalue weighted by Gasteiger charge is 2.25. The van der Waals surface area contributed by atoms with Crippen LogP contribution in [0.25, 0.3) is 0 Å². The highest BCUT2D eigenvalue weighted by molar-refractivity contribution is 6.30. The summed E-state index contributed by atoms with van der Waals surface area (Å²) in [4.78, 5) is 27.5. The Morgan fingerprint density at radius 3 is 2.94 bits per heavy atom. The van der Waals surface area contributed by atoms with Crippen molar-refractivity contribution >= 4 is 23.6 Å². The molecule has 172 valence electrons. The molecule has 1 atom stereocenters. The second-order valence-corrected chi connectivity index (χ2v) is 8.14. The van der Waals surface area contributed by atoms with Gasteiger partial charge in [-0.1, -0.05) is 23.7 Å². The zero-order valence-electron chi connectivity index (χ0n) is 17.8. The maximum absolute atomic E-state index is 13.4. The van der Waals surface area contributed by atoms with Crippen LogP contribution in [-0.4, -0.2) is 50.7 Å². The lowest BCUT2D eigenvalue weighted by atomic mass is 10.1. The van der Waals surface area contributed by atoms with Crippen LogP contribution in [0.4, 0.5) is 15.1 Å². The van der Waals surface area contributed by atoms with E-state index in [-0.39, 0.29) is 17.7 Å². The number of fused-ring (bicyclic) bond motifs is 1. The number of urea groups is 1. The highest BCUT2D eigenvalue weighted by atomic mass is 35.5. The molecular formula is C23H24ClFN6O2. The highest BCUT2D eigenvalue weighted by Crippen LogP contribution is 2.22. The van der Waals surface area contributed by atoms with Crippen molar-refractivity contribution < 1.29 is 14.3 Å². The van der Waals surface area contributed by atoms with E-state index in [0.717, 1.165) is 23.2 Å². The first-order valence-electron chi connectivity index (χ1n) is 10.6. The second-order valence-electron chi connectivity index (χ2n) is 7.73. The summed E-state index contributed by atoms with van der Waals surface area (Å²) in [5.74, 6) is -0.0466. The molecule has 1 aromatic carbocycles. The number of carbonyl (C=O) groups excluding carboxylic acids is 1. The third-order valence-electron chi connectivity index (χ3n) is 5.48. The van der Waals surface area contributed by atoms with E-state index in [1.807, 2.05) is 18.3 Å². The molecule has 1 aliphatic heterocycles. The van der Waals surface area contributed by atoms with E-state index < -0.39 is 11.9 Å². The van der Waals surface area contributed by atoms with E-state index in [9.17, 15) is 14.3 Å². The number of aliphatic hydroxyl groups is 1. The van der Waals surface area contributed by atoms with E-state index in [4.69, 9.17) is 11.6 Å². The summed E-state index contributed by atoms with van der Waals surface area (Å²) in [6.07, 6.45) is 6.78. The minimum atomic E-state index is -0.702. The minimum Gasteiger partial charge on any atom is -0.394 e. The molecule has 0 saturated heterocycles. The summed E-state index contributed by atoms with van der Waals surface area (Å²) >= 11 is 5.84. The van der Waals surface area contributed by atoms with Crippen LogP contribution in [0.15, 0.2) is 48.9 Å². The largest absolute Gasteiger partial charge is 0.394 e. The lowest BCUT2D eigenvalue weighted by Crippen LogP contribution is -2.45. The fraction of sp³-hybridized carbons (Fsp3) is 0.304. The van der Waals surface area contributed by atoms with Gasteiger partial charge in [0, 0.05) is 31.7 Å². The predicted molar refractivity (Wildman–Crippen MR) is 122 cm³/mol. The molecule has 0 aliphatic carbocycles. The molecule has 8 nitrogen and oxygen atoms in total. The van der Waals surface area contributed by atoms with Crippen molar-refractivity contribution in [1.29, 1.82) is 0 Å². The van der Waals surface area contributed by atoms with Gasteiger partial charge in [0.25, 0.3) is 0 Å². The third-order valence-corrected chi connectivity index (χ3v) is 5.77. The number of halogens is 2. The fourth-order valence-corrected chi connectivity index (χ4v) is 3.82. The van der Waals surface area contributed by atoms with E-state index >= 15 is 0 Å². The molecule has 3 aromatic rings. The van der Waals surface area contributed by atoms with Crippen molar-refractivity contribution in [2.45, 2.75) is 25.4 Å². The van der Waals surface area contributed by atoms with Crippen LogP contribution in [0, 0.1) is 5.82 Å². The molecule has 1 unspecified atom stereocenters. The van der Waals surface area contributed by atoms with Crippen LogP contribution in [0.5, 0.6) is 0 Å². The van der Waals surface area contributed by atoms with Gasteiger partial charge in [-0.05, 0) is 47.7 Å². The van der Waals surface area contributed by atoms with Gasteiger partial charge in [-0.2, -0.15) is 0 Å². The van der Waals surface area contributed by atoms with Crippen LogP contribution >= 0.6 is 11.6 Å². The van der Waals surface area contributed by atoms with Gasteiger partial charge in [-0.25, -0.2) is 19.2 Å². The number of hydrogen-bond acceptors (Lipinski definition) is 6. The number of aliphatic hydroxyl groups excluding tert-OH is 1. The van der Waals surface area contributed by atoms with Gasteiger partial charge < -0.3 is 20.6 Å². The Hall–Kier alpha value is -3.30. The van der Waals surface area contributed by atoms with Crippen molar-refractivity contribution in [2.24, 2.45) is 0 Å². The van der Waals surface area contributed by atoms with E-state index in [0.29, 0.717) is 37.6 Å². The Bertz CT molecular complexity index is 1120. The maximum atomic E-state index is 13.4. The van der Waals surface area contributed by atoms with Gasteiger partial charge in [0.05, 0.1) is 29.9 Å². The molecule has 0 fully saturated rings. The summed E-state index contributed by atoms with van der Waals surface area (Å²) in [7, 11) is 0. The van der Waals surface area contributed by atoms with Crippen molar-refractivity contribution in [2.75, 3.05) is 25.0 Å². The standard InChI is InChI=1S/C23H24ClFN6O2/c24-18-10-16(3-4-19(18)25)21(14-32)30-23(33)31-9-6-17-12-28-22(29-20(17)13-31)27-8-5-15-2-1-7-26-11-15/h1-4,7,10-12,21,32H,5-6,8-9,13-14H2,(H,30,33)(H,27,28,29). The van der Waals surface area contributed by atoms with Crippen molar-refractivity contribution in [3.63, 3.8) is 0 Å². The van der Waals surface area contributed by atoms with E-state index in [1.54, 1.807) is 17.3 Å². The molecule has 4 rings (SSSR count). The Balaban J connectivity index is 1.37. The number of aromatic nitrogens is 3. The molecular weight excluding hydrogens is 447 g/mol. The van der Waals surface area contributed by atoms with Gasteiger partial charge in [0.1, 0.15) is 5.82 Å². The Kier molecular flexibility index (Phi) is 7.31. The van der Waals surface area contributed by atoms with Crippen molar-refractivity contribution in [3.8, 4) is 0 Å². The third kappa shape index (κ3) is 5.74. The molecule has 2 aromatic heterocycles. The number of carbonyl (C=O) groups is 1. The molecule has 3 heterocycles. The molecule has 33 heavy (non-hydrogen) atoms. The first-order valence-corrected chi connectivity index (χ1v) is 11.0. The smallest absolute Gasteiger partial charge is 0.318 e. The summed E-state index contributed by atoms with van der Waals surface area (Å²) in [5.41, 5.74) is 3.42. The number of anilines is 1. The zero-order chi connectivity index (χ0) is 23.2. The molecule has 1 aliphatic rings. The van der Waals surface area contributed by atoms with Crippen molar-refractivity contribution in [1.82, 2.24) is 25.2 Å². The van der Waals surface area contributed by atoms with Crippen LogP contribution in [0.2, 0.25) is 5.02 Å². The number of benzene rings is 1. The first kappa shape index (κ1) is 22.9. The van der Waals surface area contributed by atoms with Gasteiger partial charge in [0.15, 0.2) is 0 Å². The number of nitrogens with one attached hydrogen (secondary N) is 2. The number of amides is 2. The van der Waals surface area contributed by atoms with Gasteiger partial charge in [-0.3, -0.25) is 4.98 Å². The molecule has 3 N–H and O–H groups in total. The summed E-state index contributed by atoms with van der Waals surface area (Å²) in [5, 5.41) is 15.7. The van der Waals surface area contributed by atoms with E-state index in [1.165, 1.54) is 18.2 Å². The number of rotatable bonds is 7. The average Bonchev–Trinajstić information content (AvgIpc) is 2.84.